The zero-order valence-corrected chi connectivity index (χ0v) is 37.4. The fraction of sp³-hybridized carbons (Fsp3) is 0. The van der Waals surface area contributed by atoms with E-state index < -0.39 is 0 Å². The molecule has 14 rings (SSSR count). The van der Waals surface area contributed by atoms with Crippen LogP contribution >= 0.6 is 0 Å². The van der Waals surface area contributed by atoms with Crippen molar-refractivity contribution in [3.8, 4) is 62.1 Å². The Balaban J connectivity index is 1.14. The maximum absolute atomic E-state index is 5.48. The first-order valence-corrected chi connectivity index (χ1v) is 23.5. The number of benzene rings is 12. The summed E-state index contributed by atoms with van der Waals surface area (Å²) >= 11 is 0. The second kappa shape index (κ2) is 15.7. The largest absolute Gasteiger partial charge is 0.308 e. The van der Waals surface area contributed by atoms with Crippen molar-refractivity contribution >= 4 is 75.7 Å². The molecule has 2 aromatic heterocycles. The first-order valence-electron chi connectivity index (χ1n) is 23.5. The fourth-order valence-electron chi connectivity index (χ4n) is 10.6. The highest BCUT2D eigenvalue weighted by atomic mass is 15.0. The third kappa shape index (κ3) is 6.49. The van der Waals surface area contributed by atoms with Crippen LogP contribution in [-0.4, -0.2) is 19.5 Å². The summed E-state index contributed by atoms with van der Waals surface area (Å²) in [4.78, 5) is 16.3. The molecule has 0 N–H and O–H groups in total. The average Bonchev–Trinajstić information content (AvgIpc) is 3.71. The van der Waals surface area contributed by atoms with Crippen molar-refractivity contribution in [3.05, 3.63) is 243 Å². The second-order valence-electron chi connectivity index (χ2n) is 18.0. The summed E-state index contributed by atoms with van der Waals surface area (Å²) in [6, 6.07) is 87.5. The zero-order valence-electron chi connectivity index (χ0n) is 37.4. The van der Waals surface area contributed by atoms with Gasteiger partial charge < -0.3 is 4.57 Å². The normalized spacial score (nSPS) is 11.8. The van der Waals surface area contributed by atoms with E-state index in [0.29, 0.717) is 17.5 Å². The molecule has 0 spiro atoms. The van der Waals surface area contributed by atoms with Gasteiger partial charge in [-0.3, -0.25) is 0 Å². The highest BCUT2D eigenvalue weighted by Gasteiger charge is 2.25. The van der Waals surface area contributed by atoms with Crippen molar-refractivity contribution in [1.29, 1.82) is 0 Å². The first kappa shape index (κ1) is 39.0. The predicted molar refractivity (Wildman–Crippen MR) is 289 cm³/mol. The number of nitrogens with zero attached hydrogens (tertiary/aromatic N) is 4. The Kier molecular flexibility index (Phi) is 8.86. The molecule has 0 saturated heterocycles. The van der Waals surface area contributed by atoms with Gasteiger partial charge >= 0.3 is 0 Å². The topological polar surface area (TPSA) is 43.6 Å². The highest BCUT2D eigenvalue weighted by molar-refractivity contribution is 6.18. The maximum Gasteiger partial charge on any atom is 0.164 e. The van der Waals surface area contributed by atoms with Gasteiger partial charge in [-0.15, -0.1) is 0 Å². The molecule has 0 atom stereocenters. The van der Waals surface area contributed by atoms with Gasteiger partial charge in [-0.05, 0) is 107 Å². The van der Waals surface area contributed by atoms with E-state index in [1.54, 1.807) is 0 Å². The van der Waals surface area contributed by atoms with E-state index in [9.17, 15) is 0 Å². The molecule has 0 fully saturated rings. The Bertz CT molecular complexity index is 4180. The highest BCUT2D eigenvalue weighted by Crippen LogP contribution is 2.46. The van der Waals surface area contributed by atoms with Crippen LogP contribution in [0.3, 0.4) is 0 Å². The summed E-state index contributed by atoms with van der Waals surface area (Å²) in [7, 11) is 0. The van der Waals surface area contributed by atoms with Crippen LogP contribution in [0.25, 0.3) is 138 Å². The average molecular weight is 877 g/mol. The van der Waals surface area contributed by atoms with Gasteiger partial charge in [-0.2, -0.15) is 0 Å². The van der Waals surface area contributed by atoms with Crippen LogP contribution in [0.1, 0.15) is 0 Å². The van der Waals surface area contributed by atoms with E-state index in [1.807, 2.05) is 0 Å². The quantitative estimate of drug-likeness (QED) is 0.167. The number of rotatable bonds is 6. The maximum atomic E-state index is 5.48. The van der Waals surface area contributed by atoms with Crippen molar-refractivity contribution in [3.63, 3.8) is 0 Å². The van der Waals surface area contributed by atoms with Gasteiger partial charge in [-0.25, -0.2) is 15.0 Å². The summed E-state index contributed by atoms with van der Waals surface area (Å²) in [6.45, 7) is 0. The van der Waals surface area contributed by atoms with Crippen LogP contribution in [0.4, 0.5) is 0 Å². The summed E-state index contributed by atoms with van der Waals surface area (Å²) in [5.74, 6) is 1.85. The van der Waals surface area contributed by atoms with Crippen LogP contribution in [0, 0.1) is 0 Å². The van der Waals surface area contributed by atoms with Crippen LogP contribution in [0.5, 0.6) is 0 Å². The van der Waals surface area contributed by atoms with E-state index >= 15 is 0 Å². The van der Waals surface area contributed by atoms with Crippen molar-refractivity contribution in [2.24, 2.45) is 0 Å². The molecule has 320 valence electrons. The molecule has 0 amide bonds. The Morgan fingerprint density at radius 1 is 0.232 bits per heavy atom. The molecule has 0 aliphatic rings. The van der Waals surface area contributed by atoms with Crippen molar-refractivity contribution < 1.29 is 0 Å². The third-order valence-electron chi connectivity index (χ3n) is 13.9. The van der Waals surface area contributed by atoms with E-state index in [2.05, 4.69) is 247 Å². The molecule has 2 heterocycles. The van der Waals surface area contributed by atoms with Crippen LogP contribution < -0.4 is 0 Å². The Morgan fingerprint density at radius 3 is 1.20 bits per heavy atom. The molecule has 12 aromatic carbocycles. The molecule has 4 nitrogen and oxygen atoms in total. The monoisotopic (exact) mass is 876 g/mol. The van der Waals surface area contributed by atoms with Gasteiger partial charge in [0, 0.05) is 38.6 Å². The number of hydrogen-bond acceptors (Lipinski definition) is 3. The van der Waals surface area contributed by atoms with Crippen molar-refractivity contribution in [2.75, 3.05) is 0 Å². The minimum Gasteiger partial charge on any atom is -0.308 e. The van der Waals surface area contributed by atoms with Crippen LogP contribution in [0.2, 0.25) is 0 Å². The Morgan fingerprint density at radius 2 is 0.652 bits per heavy atom. The number of hydrogen-bond donors (Lipinski definition) is 0. The number of fused-ring (bicyclic) bond motifs is 8. The lowest BCUT2D eigenvalue weighted by Gasteiger charge is -2.21. The minimum absolute atomic E-state index is 0.598. The predicted octanol–water partition coefficient (Wildman–Crippen LogP) is 17.1. The second-order valence-corrected chi connectivity index (χ2v) is 18.0. The lowest BCUT2D eigenvalue weighted by Crippen LogP contribution is -2.04. The van der Waals surface area contributed by atoms with Crippen molar-refractivity contribution in [1.82, 2.24) is 19.5 Å². The Labute approximate surface area is 398 Å². The van der Waals surface area contributed by atoms with Crippen LogP contribution in [0.15, 0.2) is 243 Å². The van der Waals surface area contributed by atoms with Gasteiger partial charge in [-0.1, -0.05) is 200 Å². The lowest BCUT2D eigenvalue weighted by atomic mass is 9.91. The molecule has 69 heavy (non-hydrogen) atoms. The van der Waals surface area contributed by atoms with Gasteiger partial charge in [0.15, 0.2) is 17.5 Å². The van der Waals surface area contributed by atoms with Gasteiger partial charge in [0.2, 0.25) is 0 Å². The van der Waals surface area contributed by atoms with E-state index in [4.69, 9.17) is 15.0 Å². The first-order chi connectivity index (χ1) is 34.2. The molecule has 0 aliphatic carbocycles. The summed E-state index contributed by atoms with van der Waals surface area (Å²) < 4.78 is 2.52. The SMILES string of the molecule is c1ccc(-c2cc(-c3nc(-c4cccc5ccccc45)nc(-c4cccc5ccccc45)n3)cc(-c3ccc4ccccc4c3)c2-n2c3cc4ccccc4cc3c3cc4ccccc4cc32)cc1. The summed E-state index contributed by atoms with van der Waals surface area (Å²) in [5, 5.41) is 14.0. The standard InChI is InChI=1S/C65H40N4/c1-2-17-44(18-3-1)56-37-51(63-66-64(54-30-14-26-42-19-10-12-28-52(42)54)68-65(67-63)55-31-15-27-43-20-11-13-29-53(43)55)38-57(50-33-32-41-16-4-5-21-45(41)34-50)62(56)69-60-39-48-24-8-6-22-46(48)35-58(60)59-36-47-23-7-9-25-49(47)40-61(59)69/h1-40H. The molecule has 14 aromatic rings. The lowest BCUT2D eigenvalue weighted by molar-refractivity contribution is 1.08. The molecule has 4 heteroatoms. The van der Waals surface area contributed by atoms with E-state index in [-0.39, 0.29) is 0 Å². The summed E-state index contributed by atoms with van der Waals surface area (Å²) in [5.41, 5.74) is 10.5. The molecular weight excluding hydrogens is 837 g/mol. The van der Waals surface area contributed by atoms with Gasteiger partial charge in [0.25, 0.3) is 0 Å². The van der Waals surface area contributed by atoms with Crippen molar-refractivity contribution in [2.45, 2.75) is 0 Å². The van der Waals surface area contributed by atoms with Gasteiger partial charge in [0.05, 0.1) is 16.7 Å². The molecule has 0 radical (unpaired) electrons. The fourth-order valence-corrected chi connectivity index (χ4v) is 10.6. The van der Waals surface area contributed by atoms with Gasteiger partial charge in [0.1, 0.15) is 0 Å². The number of aromatic nitrogens is 4. The third-order valence-corrected chi connectivity index (χ3v) is 13.9. The van der Waals surface area contributed by atoms with E-state index in [0.717, 1.165) is 77.2 Å². The molecule has 0 saturated carbocycles. The molecule has 0 aliphatic heterocycles. The summed E-state index contributed by atoms with van der Waals surface area (Å²) in [6.07, 6.45) is 0. The molecule has 0 unspecified atom stereocenters. The minimum atomic E-state index is 0.598. The molecule has 0 bridgehead atoms. The zero-order chi connectivity index (χ0) is 45.4. The van der Waals surface area contributed by atoms with Crippen LogP contribution in [-0.2, 0) is 0 Å². The smallest absolute Gasteiger partial charge is 0.164 e. The Hall–Kier alpha value is -9.25. The van der Waals surface area contributed by atoms with E-state index in [1.165, 1.54) is 43.1 Å². The molecular formula is C65H40N4.